The molecule has 0 fully saturated rings. The van der Waals surface area contributed by atoms with Crippen molar-refractivity contribution in [2.24, 2.45) is 9.98 Å². The van der Waals surface area contributed by atoms with Gasteiger partial charge in [-0.15, -0.1) is 0 Å². The van der Waals surface area contributed by atoms with Crippen LogP contribution in [-0.2, 0) is 13.1 Å². The first kappa shape index (κ1) is 19.1. The van der Waals surface area contributed by atoms with Gasteiger partial charge in [0.05, 0.1) is 0 Å². The molecule has 0 bridgehead atoms. The highest BCUT2D eigenvalue weighted by molar-refractivity contribution is 6.16. The fourth-order valence-electron chi connectivity index (χ4n) is 3.44. The summed E-state index contributed by atoms with van der Waals surface area (Å²) in [6.07, 6.45) is -5.07. The topological polar surface area (TPSA) is 97.5 Å². The predicted molar refractivity (Wildman–Crippen MR) is 96.4 cm³/mol. The summed E-state index contributed by atoms with van der Waals surface area (Å²) in [5, 5.41) is 19.3. The van der Waals surface area contributed by atoms with E-state index in [9.17, 15) is 23.1 Å². The van der Waals surface area contributed by atoms with Crippen LogP contribution in [0.3, 0.4) is 0 Å². The molecule has 0 aromatic heterocycles. The van der Waals surface area contributed by atoms with Gasteiger partial charge in [0.2, 0.25) is 5.96 Å². The number of halogens is 3. The molecule has 2 aliphatic rings. The Bertz CT molecular complexity index is 1040. The van der Waals surface area contributed by atoms with Crippen LogP contribution in [-0.4, -0.2) is 44.7 Å². The van der Waals surface area contributed by atoms with Gasteiger partial charge in [0.25, 0.3) is 5.91 Å². The van der Waals surface area contributed by atoms with Gasteiger partial charge in [0.1, 0.15) is 5.71 Å². The van der Waals surface area contributed by atoms with Crippen LogP contribution in [0.5, 0.6) is 0 Å². The molecule has 10 heteroatoms. The molecule has 2 aliphatic heterocycles. The number of benzene rings is 2. The lowest BCUT2D eigenvalue weighted by atomic mass is 10.0. The van der Waals surface area contributed by atoms with Crippen molar-refractivity contribution in [3.05, 3.63) is 70.8 Å². The van der Waals surface area contributed by atoms with E-state index in [0.29, 0.717) is 11.1 Å². The first-order valence-corrected chi connectivity index (χ1v) is 8.58. The number of fused-ring (bicyclic) bond motifs is 1. The van der Waals surface area contributed by atoms with Gasteiger partial charge in [0.15, 0.2) is 0 Å². The number of aliphatic imine (C=N–C) groups is 2. The maximum absolute atomic E-state index is 13.7. The maximum Gasteiger partial charge on any atom is 0.444 e. The minimum absolute atomic E-state index is 0.0528. The molecular weight excluding hydrogens is 389 g/mol. The van der Waals surface area contributed by atoms with Crippen molar-refractivity contribution >= 4 is 17.6 Å². The Kier molecular flexibility index (Phi) is 4.39. The molecule has 1 amide bonds. The lowest BCUT2D eigenvalue weighted by molar-refractivity contribution is -0.226. The molecule has 0 radical (unpaired) electrons. The summed E-state index contributed by atoms with van der Waals surface area (Å²) in [4.78, 5) is 20.8. The summed E-state index contributed by atoms with van der Waals surface area (Å²) in [5.74, 6) is -1.01. The van der Waals surface area contributed by atoms with E-state index in [1.165, 1.54) is 35.2 Å². The smallest absolute Gasteiger partial charge is 0.357 e. The van der Waals surface area contributed by atoms with Crippen molar-refractivity contribution in [2.75, 3.05) is 0 Å². The minimum atomic E-state index is -5.07. The van der Waals surface area contributed by atoms with E-state index in [0.717, 1.165) is 0 Å². The number of guanidine groups is 1. The van der Waals surface area contributed by atoms with Crippen molar-refractivity contribution in [1.82, 2.24) is 10.4 Å². The van der Waals surface area contributed by atoms with Crippen LogP contribution in [0.2, 0.25) is 0 Å². The molecule has 0 saturated heterocycles. The molecule has 1 atom stereocenters. The zero-order valence-corrected chi connectivity index (χ0v) is 14.8. The second kappa shape index (κ2) is 6.68. The maximum atomic E-state index is 13.7. The normalized spacial score (nSPS) is 20.9. The molecule has 3 N–H and O–H groups in total. The third kappa shape index (κ3) is 3.06. The van der Waals surface area contributed by atoms with Crippen LogP contribution in [0.1, 0.15) is 27.0 Å². The van der Waals surface area contributed by atoms with E-state index in [1.54, 1.807) is 23.7 Å². The van der Waals surface area contributed by atoms with Gasteiger partial charge in [0, 0.05) is 24.2 Å². The summed E-state index contributed by atoms with van der Waals surface area (Å²) in [6.45, 7) is 0.206. The second-order valence-electron chi connectivity index (χ2n) is 6.65. The Morgan fingerprint density at radius 3 is 2.48 bits per heavy atom. The van der Waals surface area contributed by atoms with Gasteiger partial charge in [-0.3, -0.25) is 10.0 Å². The number of nitrogens with one attached hydrogen (secondary N) is 1. The van der Waals surface area contributed by atoms with Gasteiger partial charge < -0.3 is 10.0 Å². The Labute approximate surface area is 162 Å². The molecule has 0 aliphatic carbocycles. The second-order valence-corrected chi connectivity index (χ2v) is 6.65. The number of carbonyl (C=O) groups excluding carboxylic acids is 1. The van der Waals surface area contributed by atoms with Gasteiger partial charge >= 0.3 is 11.9 Å². The largest absolute Gasteiger partial charge is 0.444 e. The predicted octanol–water partition coefficient (Wildman–Crippen LogP) is 2.23. The Morgan fingerprint density at radius 2 is 1.83 bits per heavy atom. The van der Waals surface area contributed by atoms with Crippen LogP contribution in [0.4, 0.5) is 13.2 Å². The highest BCUT2D eigenvalue weighted by atomic mass is 19.4. The Hall–Kier alpha value is -3.24. The lowest BCUT2D eigenvalue weighted by Gasteiger charge is -2.24. The third-order valence-corrected chi connectivity index (χ3v) is 4.86. The standard InChI is InChI=1S/C19H15F3N4O3/c20-19(21,22)18(28)15(11-5-2-1-3-6-11)23-17(24-18)26-9-12-7-4-8-13(14(12)10-26)16(27)25-29/h1-8,28-29H,9-10H2,(H,25,27). The summed E-state index contributed by atoms with van der Waals surface area (Å²) < 4.78 is 41.0. The van der Waals surface area contributed by atoms with Crippen molar-refractivity contribution in [3.63, 3.8) is 0 Å². The molecule has 0 spiro atoms. The number of hydrogen-bond donors (Lipinski definition) is 3. The van der Waals surface area contributed by atoms with E-state index >= 15 is 0 Å². The molecule has 0 saturated carbocycles. The summed E-state index contributed by atoms with van der Waals surface area (Å²) in [5.41, 5.74) is -0.994. The SMILES string of the molecule is O=C(NO)c1cccc2c1CN(C1=NC(O)(C(F)(F)F)C(c3ccccc3)=N1)C2. The number of carbonyl (C=O) groups is 1. The van der Waals surface area contributed by atoms with E-state index in [2.05, 4.69) is 9.98 Å². The molecular formula is C19H15F3N4O3. The van der Waals surface area contributed by atoms with Gasteiger partial charge in [-0.2, -0.15) is 13.2 Å². The van der Waals surface area contributed by atoms with Crippen molar-refractivity contribution in [1.29, 1.82) is 0 Å². The Balaban J connectivity index is 1.73. The van der Waals surface area contributed by atoms with Crippen LogP contribution in [0.25, 0.3) is 0 Å². The average Bonchev–Trinajstić information content (AvgIpc) is 3.29. The monoisotopic (exact) mass is 404 g/mol. The molecule has 2 aromatic carbocycles. The zero-order chi connectivity index (χ0) is 20.8. The van der Waals surface area contributed by atoms with Crippen LogP contribution in [0.15, 0.2) is 58.5 Å². The van der Waals surface area contributed by atoms with Crippen molar-refractivity contribution in [2.45, 2.75) is 25.0 Å². The van der Waals surface area contributed by atoms with Crippen LogP contribution < -0.4 is 5.48 Å². The van der Waals surface area contributed by atoms with E-state index in [1.807, 2.05) is 0 Å². The summed E-state index contributed by atoms with van der Waals surface area (Å²) in [6, 6.07) is 12.4. The minimum Gasteiger partial charge on any atom is -0.357 e. The van der Waals surface area contributed by atoms with Crippen molar-refractivity contribution < 1.29 is 28.3 Å². The fourth-order valence-corrected chi connectivity index (χ4v) is 3.44. The van der Waals surface area contributed by atoms with E-state index in [4.69, 9.17) is 5.21 Å². The van der Waals surface area contributed by atoms with Gasteiger partial charge in [-0.05, 0) is 17.2 Å². The number of aliphatic hydroxyl groups is 1. The molecule has 2 heterocycles. The average molecular weight is 404 g/mol. The summed E-state index contributed by atoms with van der Waals surface area (Å²) in [7, 11) is 0. The van der Waals surface area contributed by atoms with E-state index in [-0.39, 0.29) is 30.2 Å². The van der Waals surface area contributed by atoms with Crippen LogP contribution in [0, 0.1) is 0 Å². The first-order chi connectivity index (χ1) is 13.7. The number of amides is 1. The van der Waals surface area contributed by atoms with Gasteiger partial charge in [-0.1, -0.05) is 42.5 Å². The number of rotatable bonds is 2. The number of alkyl halides is 3. The molecule has 2 aromatic rings. The summed E-state index contributed by atoms with van der Waals surface area (Å²) >= 11 is 0. The van der Waals surface area contributed by atoms with Crippen molar-refractivity contribution in [3.8, 4) is 0 Å². The molecule has 7 nitrogen and oxygen atoms in total. The van der Waals surface area contributed by atoms with E-state index < -0.39 is 23.5 Å². The molecule has 1 unspecified atom stereocenters. The fraction of sp³-hybridized carbons (Fsp3) is 0.211. The first-order valence-electron chi connectivity index (χ1n) is 8.58. The number of hydrogen-bond acceptors (Lipinski definition) is 6. The Morgan fingerprint density at radius 1 is 1.10 bits per heavy atom. The highest BCUT2D eigenvalue weighted by Crippen LogP contribution is 2.39. The van der Waals surface area contributed by atoms with Gasteiger partial charge in [-0.25, -0.2) is 15.5 Å². The molecule has 29 heavy (non-hydrogen) atoms. The number of nitrogens with zero attached hydrogens (tertiary/aromatic N) is 3. The highest BCUT2D eigenvalue weighted by Gasteiger charge is 2.61. The third-order valence-electron chi connectivity index (χ3n) is 4.86. The quantitative estimate of drug-likeness (QED) is 0.528. The van der Waals surface area contributed by atoms with Crippen LogP contribution >= 0.6 is 0 Å². The molecule has 4 rings (SSSR count). The lowest BCUT2D eigenvalue weighted by Crippen LogP contribution is -2.49. The molecule has 150 valence electrons. The number of hydroxylamine groups is 1. The zero-order valence-electron chi connectivity index (χ0n) is 14.8.